The van der Waals surface area contributed by atoms with E-state index in [1.807, 2.05) is 18.2 Å². The zero-order valence-corrected chi connectivity index (χ0v) is 8.45. The molecule has 1 aromatic rings. The van der Waals surface area contributed by atoms with Crippen molar-refractivity contribution in [2.45, 2.75) is 11.4 Å². The smallest absolute Gasteiger partial charge is 0.241 e. The third-order valence-corrected chi connectivity index (χ3v) is 3.05. The molecule has 1 amide bonds. The molecule has 0 aromatic heterocycles. The summed E-state index contributed by atoms with van der Waals surface area (Å²) in [4.78, 5) is 10.9. The monoisotopic (exact) mass is 225 g/mol. The van der Waals surface area contributed by atoms with Gasteiger partial charge in [-0.25, -0.2) is 0 Å². The van der Waals surface area contributed by atoms with E-state index in [1.54, 1.807) is 0 Å². The number of hydrogen-bond acceptors (Lipinski definition) is 3. The summed E-state index contributed by atoms with van der Waals surface area (Å²) in [6.07, 6.45) is 0. The highest BCUT2D eigenvalue weighted by Gasteiger charge is 2.39. The summed E-state index contributed by atoms with van der Waals surface area (Å²) in [7, 11) is 0. The van der Waals surface area contributed by atoms with Crippen LogP contribution in [0, 0.1) is 0 Å². The molecule has 1 aromatic carbocycles. The molecule has 0 radical (unpaired) electrons. The highest BCUT2D eigenvalue weighted by atomic mass is 35.5. The van der Waals surface area contributed by atoms with Crippen molar-refractivity contribution in [2.24, 2.45) is 0 Å². The van der Waals surface area contributed by atoms with Crippen molar-refractivity contribution in [3.05, 3.63) is 23.8 Å². The fourth-order valence-electron chi connectivity index (χ4n) is 1.72. The van der Waals surface area contributed by atoms with Crippen LogP contribution in [0.1, 0.15) is 11.6 Å². The maximum absolute atomic E-state index is 10.9. The van der Waals surface area contributed by atoms with E-state index in [1.165, 1.54) is 0 Å². The number of amides is 1. The summed E-state index contributed by atoms with van der Waals surface area (Å²) in [6.45, 7) is 0.250. The van der Waals surface area contributed by atoms with Gasteiger partial charge in [0.1, 0.15) is 5.38 Å². The van der Waals surface area contributed by atoms with Gasteiger partial charge < -0.3 is 14.8 Å². The number of alkyl halides is 1. The van der Waals surface area contributed by atoms with Gasteiger partial charge in [0.15, 0.2) is 11.5 Å². The first-order valence-electron chi connectivity index (χ1n) is 4.60. The van der Waals surface area contributed by atoms with Crippen molar-refractivity contribution in [1.29, 1.82) is 0 Å². The summed E-state index contributed by atoms with van der Waals surface area (Å²) in [5.74, 6) is 1.31. The third-order valence-electron chi connectivity index (χ3n) is 2.60. The zero-order valence-electron chi connectivity index (χ0n) is 7.70. The highest BCUT2D eigenvalue weighted by molar-refractivity contribution is 6.33. The summed E-state index contributed by atoms with van der Waals surface area (Å²) in [5, 5.41) is 2.25. The largest absolute Gasteiger partial charge is 0.454 e. The van der Waals surface area contributed by atoms with Crippen LogP contribution in [0.3, 0.4) is 0 Å². The molecule has 2 heterocycles. The van der Waals surface area contributed by atoms with Crippen LogP contribution in [0.4, 0.5) is 0 Å². The highest BCUT2D eigenvalue weighted by Crippen LogP contribution is 2.37. The standard InChI is InChI=1S/C10H8ClNO3/c11-8-9(12-10(8)13)5-1-2-6-7(3-5)15-4-14-6/h1-3,8-9H,4H2,(H,12,13)/t8-,9+/m0/s1. The van der Waals surface area contributed by atoms with Gasteiger partial charge in [-0.2, -0.15) is 0 Å². The lowest BCUT2D eigenvalue weighted by atomic mass is 9.96. The molecule has 3 rings (SSSR count). The van der Waals surface area contributed by atoms with E-state index in [9.17, 15) is 4.79 Å². The van der Waals surface area contributed by atoms with Gasteiger partial charge in [0, 0.05) is 0 Å². The second-order valence-electron chi connectivity index (χ2n) is 3.50. The van der Waals surface area contributed by atoms with Crippen molar-refractivity contribution < 1.29 is 14.3 Å². The molecular formula is C10H8ClNO3. The Morgan fingerprint density at radius 1 is 1.33 bits per heavy atom. The molecule has 1 saturated heterocycles. The van der Waals surface area contributed by atoms with Gasteiger partial charge in [-0.1, -0.05) is 6.07 Å². The van der Waals surface area contributed by atoms with Gasteiger partial charge in [0.2, 0.25) is 12.7 Å². The lowest BCUT2D eigenvalue weighted by Gasteiger charge is -2.32. The number of carbonyl (C=O) groups is 1. The van der Waals surface area contributed by atoms with Crippen LogP contribution in [0.2, 0.25) is 0 Å². The van der Waals surface area contributed by atoms with Gasteiger partial charge in [0.25, 0.3) is 0 Å². The summed E-state index contributed by atoms with van der Waals surface area (Å²) in [6, 6.07) is 5.44. The van der Waals surface area contributed by atoms with Gasteiger partial charge in [-0.15, -0.1) is 11.6 Å². The molecule has 15 heavy (non-hydrogen) atoms. The molecule has 5 heteroatoms. The number of nitrogens with one attached hydrogen (secondary N) is 1. The minimum absolute atomic E-state index is 0.117. The number of ether oxygens (including phenoxy) is 2. The molecule has 0 spiro atoms. The van der Waals surface area contributed by atoms with Crippen molar-refractivity contribution in [3.8, 4) is 11.5 Å². The third kappa shape index (κ3) is 1.25. The van der Waals surface area contributed by atoms with E-state index in [0.29, 0.717) is 5.75 Å². The Morgan fingerprint density at radius 3 is 2.87 bits per heavy atom. The van der Waals surface area contributed by atoms with Gasteiger partial charge in [-0.05, 0) is 17.7 Å². The van der Waals surface area contributed by atoms with Crippen LogP contribution in [0.15, 0.2) is 18.2 Å². The maximum atomic E-state index is 10.9. The predicted molar refractivity (Wildman–Crippen MR) is 53.1 cm³/mol. The van der Waals surface area contributed by atoms with Crippen LogP contribution < -0.4 is 14.8 Å². The number of rotatable bonds is 1. The van der Waals surface area contributed by atoms with Crippen LogP contribution in [0.5, 0.6) is 11.5 Å². The molecule has 78 valence electrons. The van der Waals surface area contributed by atoms with E-state index in [4.69, 9.17) is 21.1 Å². The number of hydrogen-bond donors (Lipinski definition) is 1. The number of halogens is 1. The zero-order chi connectivity index (χ0) is 10.4. The molecular weight excluding hydrogens is 218 g/mol. The van der Waals surface area contributed by atoms with Crippen molar-refractivity contribution in [3.63, 3.8) is 0 Å². The van der Waals surface area contributed by atoms with Gasteiger partial charge in [0.05, 0.1) is 6.04 Å². The summed E-state index contributed by atoms with van der Waals surface area (Å²) >= 11 is 5.87. The molecule has 0 saturated carbocycles. The molecule has 2 aliphatic rings. The second kappa shape index (κ2) is 3.03. The number of carbonyl (C=O) groups excluding carboxylic acids is 1. The Balaban J connectivity index is 1.91. The predicted octanol–water partition coefficient (Wildman–Crippen LogP) is 1.19. The van der Waals surface area contributed by atoms with Gasteiger partial charge >= 0.3 is 0 Å². The topological polar surface area (TPSA) is 47.6 Å². The maximum Gasteiger partial charge on any atom is 0.241 e. The Hall–Kier alpha value is -1.42. The number of benzene rings is 1. The quantitative estimate of drug-likeness (QED) is 0.577. The van der Waals surface area contributed by atoms with Crippen LogP contribution in [-0.4, -0.2) is 18.1 Å². The van der Waals surface area contributed by atoms with E-state index in [-0.39, 0.29) is 18.7 Å². The van der Waals surface area contributed by atoms with Crippen molar-refractivity contribution in [2.75, 3.05) is 6.79 Å². The van der Waals surface area contributed by atoms with Crippen molar-refractivity contribution >= 4 is 17.5 Å². The summed E-state index contributed by atoms with van der Waals surface area (Å²) in [5.41, 5.74) is 0.943. The SMILES string of the molecule is O=C1N[C@H](c2ccc3c(c2)OCO3)[C@@H]1Cl. The minimum Gasteiger partial charge on any atom is -0.454 e. The van der Waals surface area contributed by atoms with Crippen LogP contribution in [-0.2, 0) is 4.79 Å². The molecule has 2 atom stereocenters. The Labute approximate surface area is 91.1 Å². The van der Waals surface area contributed by atoms with Crippen LogP contribution in [0.25, 0.3) is 0 Å². The normalized spacial score (nSPS) is 27.1. The lowest BCUT2D eigenvalue weighted by Crippen LogP contribution is -2.52. The molecule has 2 aliphatic heterocycles. The molecule has 4 nitrogen and oxygen atoms in total. The van der Waals surface area contributed by atoms with Gasteiger partial charge in [-0.3, -0.25) is 4.79 Å². The average Bonchev–Trinajstić information content (AvgIpc) is 2.72. The van der Waals surface area contributed by atoms with E-state index < -0.39 is 5.38 Å². The minimum atomic E-state index is -0.481. The van der Waals surface area contributed by atoms with Crippen molar-refractivity contribution in [1.82, 2.24) is 5.32 Å². The van der Waals surface area contributed by atoms with E-state index in [2.05, 4.69) is 5.32 Å². The summed E-state index contributed by atoms with van der Waals surface area (Å²) < 4.78 is 10.4. The first-order valence-corrected chi connectivity index (χ1v) is 5.03. The first-order chi connectivity index (χ1) is 7.25. The first kappa shape index (κ1) is 8.85. The fourth-order valence-corrected chi connectivity index (χ4v) is 1.99. The van der Waals surface area contributed by atoms with Crippen LogP contribution >= 0.6 is 11.6 Å². The Kier molecular flexibility index (Phi) is 1.79. The fraction of sp³-hybridized carbons (Fsp3) is 0.300. The second-order valence-corrected chi connectivity index (χ2v) is 3.97. The lowest BCUT2D eigenvalue weighted by molar-refractivity contribution is -0.127. The Bertz CT molecular complexity index is 435. The number of fused-ring (bicyclic) bond motifs is 1. The van der Waals surface area contributed by atoms with E-state index in [0.717, 1.165) is 11.3 Å². The Morgan fingerprint density at radius 2 is 2.13 bits per heavy atom. The molecule has 0 unspecified atom stereocenters. The molecule has 0 bridgehead atoms. The molecule has 0 aliphatic carbocycles. The molecule has 1 fully saturated rings. The average molecular weight is 226 g/mol. The molecule has 1 N–H and O–H groups in total. The van der Waals surface area contributed by atoms with E-state index >= 15 is 0 Å². The number of β-lactam (4-membered cyclic amide) rings is 1.